The van der Waals surface area contributed by atoms with Crippen LogP contribution in [-0.2, 0) is 0 Å². The summed E-state index contributed by atoms with van der Waals surface area (Å²) in [7, 11) is 0. The van der Waals surface area contributed by atoms with Gasteiger partial charge >= 0.3 is 0 Å². The third-order valence-electron chi connectivity index (χ3n) is 6.97. The second-order valence-electron chi connectivity index (χ2n) is 8.09. The summed E-state index contributed by atoms with van der Waals surface area (Å²) in [6, 6.07) is 0.819. The Morgan fingerprint density at radius 1 is 0.850 bits per heavy atom. The van der Waals surface area contributed by atoms with Crippen molar-refractivity contribution < 1.29 is 0 Å². The molecule has 1 nitrogen and oxygen atoms in total. The van der Waals surface area contributed by atoms with Crippen LogP contribution >= 0.6 is 0 Å². The molecule has 1 N–H and O–H groups in total. The molecule has 0 aliphatic heterocycles. The highest BCUT2D eigenvalue weighted by molar-refractivity contribution is 5.01. The average Bonchev–Trinajstić information content (AvgIpc) is 2.43. The molecule has 0 spiro atoms. The molecule has 0 aromatic heterocycles. The molecule has 0 aromatic carbocycles. The lowest BCUT2D eigenvalue weighted by Crippen LogP contribution is -2.53. The first-order valence-corrected chi connectivity index (χ1v) is 9.48. The Labute approximate surface area is 126 Å². The normalized spacial score (nSPS) is 40.5. The van der Waals surface area contributed by atoms with Crippen molar-refractivity contribution in [1.82, 2.24) is 5.32 Å². The number of hydrogen-bond donors (Lipinski definition) is 1. The van der Waals surface area contributed by atoms with E-state index < -0.39 is 0 Å². The lowest BCUT2D eigenvalue weighted by atomic mass is 9.50. The van der Waals surface area contributed by atoms with Crippen molar-refractivity contribution in [2.75, 3.05) is 6.54 Å². The Kier molecular flexibility index (Phi) is 4.75. The van der Waals surface area contributed by atoms with Crippen molar-refractivity contribution in [3.05, 3.63) is 0 Å². The lowest BCUT2D eigenvalue weighted by molar-refractivity contribution is -0.0548. The van der Waals surface area contributed by atoms with Crippen molar-refractivity contribution in [3.63, 3.8) is 0 Å². The van der Waals surface area contributed by atoms with E-state index in [0.717, 1.165) is 48.1 Å². The number of hydrogen-bond acceptors (Lipinski definition) is 1. The highest BCUT2D eigenvalue weighted by Crippen LogP contribution is 2.57. The average molecular weight is 277 g/mol. The maximum atomic E-state index is 3.91. The molecule has 0 heterocycles. The van der Waals surface area contributed by atoms with E-state index in [9.17, 15) is 0 Å². The van der Waals surface area contributed by atoms with Gasteiger partial charge in [-0.3, -0.25) is 0 Å². The van der Waals surface area contributed by atoms with Gasteiger partial charge in [-0.05, 0) is 80.6 Å². The van der Waals surface area contributed by atoms with Crippen LogP contribution in [0.1, 0.15) is 72.1 Å². The van der Waals surface area contributed by atoms with E-state index in [1.807, 2.05) is 0 Å². The lowest BCUT2D eigenvalue weighted by Gasteiger charge is -2.57. The Balaban J connectivity index is 1.70. The van der Waals surface area contributed by atoms with Gasteiger partial charge < -0.3 is 5.32 Å². The Bertz CT molecular complexity index is 279. The molecule has 1 heteroatoms. The summed E-state index contributed by atoms with van der Waals surface area (Å²) in [5.41, 5.74) is 0. The quantitative estimate of drug-likeness (QED) is 0.700. The zero-order chi connectivity index (χ0) is 14.1. The predicted molar refractivity (Wildman–Crippen MR) is 86.7 cm³/mol. The van der Waals surface area contributed by atoms with Crippen LogP contribution in [0.15, 0.2) is 0 Å². The van der Waals surface area contributed by atoms with Gasteiger partial charge in [0.15, 0.2) is 0 Å². The Hall–Kier alpha value is -0.0400. The van der Waals surface area contributed by atoms with Gasteiger partial charge in [0.25, 0.3) is 0 Å². The van der Waals surface area contributed by atoms with E-state index in [1.165, 1.54) is 19.3 Å². The van der Waals surface area contributed by atoms with E-state index in [1.54, 1.807) is 32.1 Å². The maximum absolute atomic E-state index is 3.91. The third kappa shape index (κ3) is 2.80. The van der Waals surface area contributed by atoms with E-state index in [4.69, 9.17) is 0 Å². The molecule has 4 bridgehead atoms. The highest BCUT2D eigenvalue weighted by Gasteiger charge is 2.50. The van der Waals surface area contributed by atoms with Gasteiger partial charge in [0.05, 0.1) is 0 Å². The van der Waals surface area contributed by atoms with Crippen LogP contribution in [0.25, 0.3) is 0 Å². The molecular formula is C19H35N. The number of nitrogens with one attached hydrogen (secondary N) is 1. The molecule has 4 aliphatic rings. The van der Waals surface area contributed by atoms with Crippen LogP contribution in [0.2, 0.25) is 0 Å². The SMILES string of the molecule is CCNC(CC(CC)CC)C1C2CC3CC(C2)CC1C3. The zero-order valence-electron chi connectivity index (χ0n) is 13.9. The fraction of sp³-hybridized carbons (Fsp3) is 1.00. The Morgan fingerprint density at radius 2 is 1.40 bits per heavy atom. The molecular weight excluding hydrogens is 242 g/mol. The van der Waals surface area contributed by atoms with Crippen LogP contribution in [0, 0.1) is 35.5 Å². The molecule has 4 fully saturated rings. The van der Waals surface area contributed by atoms with Crippen molar-refractivity contribution in [2.24, 2.45) is 35.5 Å². The van der Waals surface area contributed by atoms with Gasteiger partial charge in [-0.2, -0.15) is 0 Å². The highest BCUT2D eigenvalue weighted by atomic mass is 14.9. The van der Waals surface area contributed by atoms with Crippen LogP contribution in [0.4, 0.5) is 0 Å². The second-order valence-corrected chi connectivity index (χ2v) is 8.09. The van der Waals surface area contributed by atoms with Gasteiger partial charge in [-0.1, -0.05) is 33.6 Å². The summed E-state index contributed by atoms with van der Waals surface area (Å²) in [6.07, 6.45) is 12.0. The van der Waals surface area contributed by atoms with Crippen molar-refractivity contribution >= 4 is 0 Å². The smallest absolute Gasteiger partial charge is 0.0103 e. The summed E-state index contributed by atoms with van der Waals surface area (Å²) in [6.45, 7) is 8.23. The first kappa shape index (κ1) is 14.9. The predicted octanol–water partition coefficient (Wildman–Crippen LogP) is 4.86. The first-order valence-electron chi connectivity index (χ1n) is 9.48. The minimum Gasteiger partial charge on any atom is -0.314 e. The van der Waals surface area contributed by atoms with Crippen LogP contribution < -0.4 is 5.32 Å². The second kappa shape index (κ2) is 6.38. The van der Waals surface area contributed by atoms with E-state index >= 15 is 0 Å². The molecule has 4 saturated carbocycles. The third-order valence-corrected chi connectivity index (χ3v) is 6.97. The van der Waals surface area contributed by atoms with Gasteiger partial charge in [0.2, 0.25) is 0 Å². The molecule has 20 heavy (non-hydrogen) atoms. The largest absolute Gasteiger partial charge is 0.314 e. The minimum absolute atomic E-state index is 0.819. The van der Waals surface area contributed by atoms with E-state index in [2.05, 4.69) is 26.1 Å². The van der Waals surface area contributed by atoms with Crippen LogP contribution in [0.3, 0.4) is 0 Å². The monoisotopic (exact) mass is 277 g/mol. The van der Waals surface area contributed by atoms with Crippen molar-refractivity contribution in [3.8, 4) is 0 Å². The van der Waals surface area contributed by atoms with E-state index in [0.29, 0.717) is 0 Å². The maximum Gasteiger partial charge on any atom is 0.0103 e. The summed E-state index contributed by atoms with van der Waals surface area (Å²) < 4.78 is 0. The number of rotatable bonds is 7. The molecule has 0 amide bonds. The van der Waals surface area contributed by atoms with Gasteiger partial charge in [0, 0.05) is 6.04 Å². The molecule has 0 radical (unpaired) electrons. The molecule has 0 aromatic rings. The summed E-state index contributed by atoms with van der Waals surface area (Å²) in [5, 5.41) is 3.91. The first-order chi connectivity index (χ1) is 9.75. The van der Waals surface area contributed by atoms with Crippen molar-refractivity contribution in [1.29, 1.82) is 0 Å². The van der Waals surface area contributed by atoms with Gasteiger partial charge in [-0.25, -0.2) is 0 Å². The summed E-state index contributed by atoms with van der Waals surface area (Å²) in [5.74, 6) is 6.34. The van der Waals surface area contributed by atoms with E-state index in [-0.39, 0.29) is 0 Å². The Morgan fingerprint density at radius 3 is 1.85 bits per heavy atom. The molecule has 4 aliphatic carbocycles. The van der Waals surface area contributed by atoms with Crippen molar-refractivity contribution in [2.45, 2.75) is 78.2 Å². The summed E-state index contributed by atoms with van der Waals surface area (Å²) in [4.78, 5) is 0. The molecule has 1 atom stereocenters. The molecule has 4 rings (SSSR count). The fourth-order valence-electron chi connectivity index (χ4n) is 6.24. The molecule has 1 unspecified atom stereocenters. The minimum atomic E-state index is 0.819. The standard InChI is InChI=1S/C19H35N/c1-4-13(5-2)12-18(20-6-3)19-16-8-14-7-15(10-16)11-17(19)9-14/h13-20H,4-12H2,1-3H3. The summed E-state index contributed by atoms with van der Waals surface area (Å²) >= 11 is 0. The zero-order valence-corrected chi connectivity index (χ0v) is 13.9. The van der Waals surface area contributed by atoms with Gasteiger partial charge in [0.1, 0.15) is 0 Å². The van der Waals surface area contributed by atoms with Crippen LogP contribution in [0.5, 0.6) is 0 Å². The fourth-order valence-corrected chi connectivity index (χ4v) is 6.24. The van der Waals surface area contributed by atoms with Crippen LogP contribution in [-0.4, -0.2) is 12.6 Å². The molecule has 116 valence electrons. The topological polar surface area (TPSA) is 12.0 Å². The van der Waals surface area contributed by atoms with Gasteiger partial charge in [-0.15, -0.1) is 0 Å². The molecule has 0 saturated heterocycles.